The highest BCUT2D eigenvalue weighted by molar-refractivity contribution is 7.15. The van der Waals surface area contributed by atoms with E-state index in [9.17, 15) is 9.59 Å². The Bertz CT molecular complexity index is 433. The van der Waals surface area contributed by atoms with Gasteiger partial charge in [-0.1, -0.05) is 25.2 Å². The molecule has 3 N–H and O–H groups in total. The first-order valence-electron chi connectivity index (χ1n) is 5.51. The van der Waals surface area contributed by atoms with Gasteiger partial charge in [-0.25, -0.2) is 4.79 Å². The molecule has 0 saturated heterocycles. The number of carbonyl (C=O) groups is 2. The Morgan fingerprint density at radius 3 is 2.56 bits per heavy atom. The zero-order valence-corrected chi connectivity index (χ0v) is 11.2. The number of urea groups is 1. The summed E-state index contributed by atoms with van der Waals surface area (Å²) in [4.78, 5) is 22.0. The van der Waals surface area contributed by atoms with Crippen molar-refractivity contribution in [3.05, 3.63) is 5.01 Å². The second-order valence-electron chi connectivity index (χ2n) is 4.26. The molecule has 0 radical (unpaired) electrons. The van der Waals surface area contributed by atoms with Crippen LogP contribution in [0.3, 0.4) is 0 Å². The summed E-state index contributed by atoms with van der Waals surface area (Å²) in [5.41, 5.74) is 0. The van der Waals surface area contributed by atoms with E-state index >= 15 is 0 Å². The maximum atomic E-state index is 11.4. The summed E-state index contributed by atoms with van der Waals surface area (Å²) in [5, 5.41) is 22.3. The van der Waals surface area contributed by atoms with Gasteiger partial charge in [-0.2, -0.15) is 0 Å². The number of anilines is 1. The van der Waals surface area contributed by atoms with Crippen molar-refractivity contribution in [2.75, 3.05) is 5.32 Å². The highest BCUT2D eigenvalue weighted by atomic mass is 32.1. The molecule has 18 heavy (non-hydrogen) atoms. The van der Waals surface area contributed by atoms with Crippen LogP contribution in [0.4, 0.5) is 9.93 Å². The molecule has 8 heteroatoms. The van der Waals surface area contributed by atoms with Crippen LogP contribution in [0.5, 0.6) is 0 Å². The first-order chi connectivity index (χ1) is 8.38. The number of nitrogens with zero attached hydrogens (tertiary/aromatic N) is 2. The van der Waals surface area contributed by atoms with Crippen LogP contribution in [0.2, 0.25) is 0 Å². The number of carboxylic acid groups (broad SMARTS) is 1. The van der Waals surface area contributed by atoms with E-state index in [0.29, 0.717) is 11.0 Å². The monoisotopic (exact) mass is 272 g/mol. The Hall–Kier alpha value is -1.70. The van der Waals surface area contributed by atoms with E-state index in [1.807, 2.05) is 0 Å². The lowest BCUT2D eigenvalue weighted by atomic mass is 10.1. The predicted molar refractivity (Wildman–Crippen MR) is 67.7 cm³/mol. The number of aliphatic carboxylic acids is 1. The summed E-state index contributed by atoms with van der Waals surface area (Å²) in [6.45, 7) is 5.51. The molecule has 0 unspecified atom stereocenters. The Balaban J connectivity index is 2.49. The number of amides is 2. The van der Waals surface area contributed by atoms with Crippen LogP contribution in [0.1, 0.15) is 25.8 Å². The summed E-state index contributed by atoms with van der Waals surface area (Å²) in [5.74, 6) is -0.630. The van der Waals surface area contributed by atoms with Crippen molar-refractivity contribution in [1.29, 1.82) is 0 Å². The first kappa shape index (κ1) is 14.4. The molecule has 0 aliphatic heterocycles. The van der Waals surface area contributed by atoms with Crippen LogP contribution >= 0.6 is 11.3 Å². The smallest absolute Gasteiger partial charge is 0.325 e. The SMILES string of the molecule is CC(C)Cc1nnc(NC(=O)N[C@H](C)C(=O)O)s1. The van der Waals surface area contributed by atoms with Gasteiger partial charge in [0.1, 0.15) is 11.0 Å². The van der Waals surface area contributed by atoms with E-state index in [4.69, 9.17) is 5.11 Å². The highest BCUT2D eigenvalue weighted by Gasteiger charge is 2.15. The van der Waals surface area contributed by atoms with E-state index in [-0.39, 0.29) is 0 Å². The zero-order chi connectivity index (χ0) is 13.7. The van der Waals surface area contributed by atoms with Gasteiger partial charge in [0.05, 0.1) is 0 Å². The fourth-order valence-electron chi connectivity index (χ4n) is 1.13. The molecule has 0 aromatic carbocycles. The predicted octanol–water partition coefficient (Wildman–Crippen LogP) is 1.33. The number of carboxylic acids is 1. The maximum Gasteiger partial charge on any atom is 0.325 e. The van der Waals surface area contributed by atoms with Crippen LogP contribution in [0.25, 0.3) is 0 Å². The van der Waals surface area contributed by atoms with Crippen molar-refractivity contribution in [3.63, 3.8) is 0 Å². The first-order valence-corrected chi connectivity index (χ1v) is 6.33. The normalized spacial score (nSPS) is 12.2. The molecule has 100 valence electrons. The molecule has 1 heterocycles. The molecule has 7 nitrogen and oxygen atoms in total. The minimum absolute atomic E-state index is 0.362. The Labute approximate surface area is 109 Å². The number of hydrogen-bond donors (Lipinski definition) is 3. The van der Waals surface area contributed by atoms with E-state index in [0.717, 1.165) is 11.4 Å². The van der Waals surface area contributed by atoms with Crippen LogP contribution in [0, 0.1) is 5.92 Å². The maximum absolute atomic E-state index is 11.4. The van der Waals surface area contributed by atoms with Crippen LogP contribution in [-0.4, -0.2) is 33.3 Å². The fraction of sp³-hybridized carbons (Fsp3) is 0.600. The van der Waals surface area contributed by atoms with Crippen molar-refractivity contribution in [2.24, 2.45) is 5.92 Å². The third-order valence-electron chi connectivity index (χ3n) is 1.99. The van der Waals surface area contributed by atoms with Gasteiger partial charge in [0.15, 0.2) is 0 Å². The molecule has 0 aliphatic rings. The number of carbonyl (C=O) groups excluding carboxylic acids is 1. The molecule has 0 aliphatic carbocycles. The highest BCUT2D eigenvalue weighted by Crippen LogP contribution is 2.17. The molecule has 2 amide bonds. The van der Waals surface area contributed by atoms with Gasteiger partial charge in [0.25, 0.3) is 0 Å². The Morgan fingerprint density at radius 2 is 2.00 bits per heavy atom. The Morgan fingerprint density at radius 1 is 1.33 bits per heavy atom. The topological polar surface area (TPSA) is 104 Å². The number of nitrogens with one attached hydrogen (secondary N) is 2. The second-order valence-corrected chi connectivity index (χ2v) is 5.32. The fourth-order valence-corrected chi connectivity index (χ4v) is 2.07. The molecule has 0 spiro atoms. The molecular formula is C10H16N4O3S. The van der Waals surface area contributed by atoms with Crippen molar-refractivity contribution in [2.45, 2.75) is 33.2 Å². The molecule has 1 atom stereocenters. The minimum Gasteiger partial charge on any atom is -0.480 e. The average molecular weight is 272 g/mol. The lowest BCUT2D eigenvalue weighted by Crippen LogP contribution is -2.40. The van der Waals surface area contributed by atoms with Crippen molar-refractivity contribution < 1.29 is 14.7 Å². The number of hydrogen-bond acceptors (Lipinski definition) is 5. The second kappa shape index (κ2) is 6.29. The standard InChI is InChI=1S/C10H16N4O3S/c1-5(2)4-7-13-14-10(18-7)12-9(17)11-6(3)8(15)16/h5-6H,4H2,1-3H3,(H,15,16)(H2,11,12,14,17)/t6-/m1/s1. The summed E-state index contributed by atoms with van der Waals surface area (Å²) >= 11 is 1.28. The lowest BCUT2D eigenvalue weighted by molar-refractivity contribution is -0.138. The molecular weight excluding hydrogens is 256 g/mol. The molecule has 1 aromatic rings. The van der Waals surface area contributed by atoms with Gasteiger partial charge in [0, 0.05) is 6.42 Å². The summed E-state index contributed by atoms with van der Waals surface area (Å²) in [6.07, 6.45) is 0.798. The Kier molecular flexibility index (Phi) is 5.02. The quantitative estimate of drug-likeness (QED) is 0.750. The summed E-state index contributed by atoms with van der Waals surface area (Å²) in [6, 6.07) is -1.55. The van der Waals surface area contributed by atoms with E-state index in [1.165, 1.54) is 18.3 Å². The van der Waals surface area contributed by atoms with Gasteiger partial charge in [-0.15, -0.1) is 10.2 Å². The lowest BCUT2D eigenvalue weighted by Gasteiger charge is -2.08. The number of rotatable bonds is 5. The largest absolute Gasteiger partial charge is 0.480 e. The van der Waals surface area contributed by atoms with Crippen LogP contribution < -0.4 is 10.6 Å². The number of aromatic nitrogens is 2. The molecule has 1 rings (SSSR count). The van der Waals surface area contributed by atoms with Crippen molar-refractivity contribution in [3.8, 4) is 0 Å². The summed E-state index contributed by atoms with van der Waals surface area (Å²) < 4.78 is 0. The van der Waals surface area contributed by atoms with Gasteiger partial charge in [-0.3, -0.25) is 10.1 Å². The van der Waals surface area contributed by atoms with Gasteiger partial charge < -0.3 is 10.4 Å². The zero-order valence-electron chi connectivity index (χ0n) is 10.4. The molecule has 1 aromatic heterocycles. The van der Waals surface area contributed by atoms with Gasteiger partial charge in [0.2, 0.25) is 5.13 Å². The van der Waals surface area contributed by atoms with Crippen molar-refractivity contribution in [1.82, 2.24) is 15.5 Å². The van der Waals surface area contributed by atoms with E-state index in [2.05, 4.69) is 34.7 Å². The van der Waals surface area contributed by atoms with Crippen molar-refractivity contribution >= 4 is 28.5 Å². The third kappa shape index (κ3) is 4.66. The average Bonchev–Trinajstić information content (AvgIpc) is 2.63. The third-order valence-corrected chi connectivity index (χ3v) is 2.85. The molecule has 0 saturated carbocycles. The van der Waals surface area contributed by atoms with Crippen LogP contribution in [0.15, 0.2) is 0 Å². The minimum atomic E-state index is -1.09. The van der Waals surface area contributed by atoms with E-state index < -0.39 is 18.0 Å². The van der Waals surface area contributed by atoms with Gasteiger partial charge >= 0.3 is 12.0 Å². The van der Waals surface area contributed by atoms with Gasteiger partial charge in [-0.05, 0) is 12.8 Å². The van der Waals surface area contributed by atoms with E-state index in [1.54, 1.807) is 0 Å². The molecule has 0 bridgehead atoms. The van der Waals surface area contributed by atoms with Crippen LogP contribution in [-0.2, 0) is 11.2 Å². The summed E-state index contributed by atoms with van der Waals surface area (Å²) in [7, 11) is 0. The molecule has 0 fully saturated rings.